The van der Waals surface area contributed by atoms with Gasteiger partial charge >= 0.3 is 0 Å². The molecule has 0 unspecified atom stereocenters. The van der Waals surface area contributed by atoms with Gasteiger partial charge in [0.15, 0.2) is 0 Å². The first kappa shape index (κ1) is 10.1. The number of nitrogen functional groups attached to an aromatic ring is 1. The smallest absolute Gasteiger partial charge is 0.134 e. The predicted octanol–water partition coefficient (Wildman–Crippen LogP) is 2.12. The van der Waals surface area contributed by atoms with E-state index in [-0.39, 0.29) is 5.78 Å². The topological polar surface area (TPSA) is 43.1 Å². The fourth-order valence-corrected chi connectivity index (χ4v) is 1.59. The van der Waals surface area contributed by atoms with Crippen molar-refractivity contribution in [2.24, 2.45) is 0 Å². The Morgan fingerprint density at radius 3 is 2.77 bits per heavy atom. The number of hydrogen-bond acceptors (Lipinski definition) is 3. The SMILES string of the molecule is CSc1ccc(N)c(CC(C)=O)c1. The molecule has 0 aliphatic carbocycles. The number of anilines is 1. The Morgan fingerprint density at radius 1 is 1.54 bits per heavy atom. The van der Waals surface area contributed by atoms with E-state index in [1.807, 2.05) is 24.5 Å². The summed E-state index contributed by atoms with van der Waals surface area (Å²) in [5, 5.41) is 0. The Kier molecular flexibility index (Phi) is 3.37. The molecule has 0 amide bonds. The van der Waals surface area contributed by atoms with Gasteiger partial charge in [0.2, 0.25) is 0 Å². The van der Waals surface area contributed by atoms with E-state index < -0.39 is 0 Å². The zero-order valence-electron chi connectivity index (χ0n) is 7.83. The van der Waals surface area contributed by atoms with Crippen LogP contribution in [0.5, 0.6) is 0 Å². The Hall–Kier alpha value is -0.960. The summed E-state index contributed by atoms with van der Waals surface area (Å²) in [6, 6.07) is 5.79. The quantitative estimate of drug-likeness (QED) is 0.593. The molecule has 13 heavy (non-hydrogen) atoms. The van der Waals surface area contributed by atoms with E-state index in [0.29, 0.717) is 12.1 Å². The van der Waals surface area contributed by atoms with Crippen LogP contribution in [0.4, 0.5) is 5.69 Å². The number of carbonyl (C=O) groups excluding carboxylic acids is 1. The molecular formula is C10H13NOS. The van der Waals surface area contributed by atoms with Crippen molar-refractivity contribution in [3.8, 4) is 0 Å². The van der Waals surface area contributed by atoms with Crippen LogP contribution in [0.1, 0.15) is 12.5 Å². The van der Waals surface area contributed by atoms with Gasteiger partial charge in [0, 0.05) is 17.0 Å². The highest BCUT2D eigenvalue weighted by atomic mass is 32.2. The number of hydrogen-bond donors (Lipinski definition) is 1. The van der Waals surface area contributed by atoms with Gasteiger partial charge in [-0.05, 0) is 36.9 Å². The lowest BCUT2D eigenvalue weighted by molar-refractivity contribution is -0.116. The molecule has 0 bridgehead atoms. The van der Waals surface area contributed by atoms with E-state index in [0.717, 1.165) is 10.5 Å². The summed E-state index contributed by atoms with van der Waals surface area (Å²) >= 11 is 1.65. The first-order valence-electron chi connectivity index (χ1n) is 4.05. The van der Waals surface area contributed by atoms with E-state index in [1.165, 1.54) is 0 Å². The number of benzene rings is 1. The van der Waals surface area contributed by atoms with E-state index in [1.54, 1.807) is 18.7 Å². The Labute approximate surface area is 82.5 Å². The summed E-state index contributed by atoms with van der Waals surface area (Å²) in [5.41, 5.74) is 7.36. The first-order chi connectivity index (χ1) is 6.13. The Morgan fingerprint density at radius 2 is 2.23 bits per heavy atom. The molecule has 2 N–H and O–H groups in total. The van der Waals surface area contributed by atoms with E-state index in [9.17, 15) is 4.79 Å². The number of Topliss-reactive ketones (excluding diaryl/α,β-unsaturated/α-hetero) is 1. The second-order valence-corrected chi connectivity index (χ2v) is 3.82. The molecule has 0 aliphatic heterocycles. The van der Waals surface area contributed by atoms with Crippen molar-refractivity contribution in [1.82, 2.24) is 0 Å². The third-order valence-electron chi connectivity index (χ3n) is 1.79. The van der Waals surface area contributed by atoms with Crippen LogP contribution in [-0.4, -0.2) is 12.0 Å². The zero-order valence-corrected chi connectivity index (χ0v) is 8.65. The number of carbonyl (C=O) groups is 1. The van der Waals surface area contributed by atoms with Crippen LogP contribution >= 0.6 is 11.8 Å². The van der Waals surface area contributed by atoms with Crippen LogP contribution in [0.25, 0.3) is 0 Å². The number of rotatable bonds is 3. The lowest BCUT2D eigenvalue weighted by Crippen LogP contribution is -2.00. The molecule has 0 fully saturated rings. The average Bonchev–Trinajstić information content (AvgIpc) is 2.08. The predicted molar refractivity (Wildman–Crippen MR) is 57.0 cm³/mol. The molecule has 0 saturated heterocycles. The van der Waals surface area contributed by atoms with Gasteiger partial charge in [-0.15, -0.1) is 11.8 Å². The van der Waals surface area contributed by atoms with Crippen LogP contribution in [0, 0.1) is 0 Å². The Balaban J connectivity index is 2.96. The standard InChI is InChI=1S/C10H13NOS/c1-7(12)5-8-6-9(13-2)3-4-10(8)11/h3-4,6H,5,11H2,1-2H3. The number of ketones is 1. The van der Waals surface area contributed by atoms with Crippen LogP contribution < -0.4 is 5.73 Å². The van der Waals surface area contributed by atoms with Crippen LogP contribution in [0.3, 0.4) is 0 Å². The molecule has 3 heteroatoms. The molecule has 1 aromatic carbocycles. The molecule has 0 aromatic heterocycles. The second-order valence-electron chi connectivity index (χ2n) is 2.94. The first-order valence-corrected chi connectivity index (χ1v) is 5.28. The number of thioether (sulfide) groups is 1. The average molecular weight is 195 g/mol. The highest BCUT2D eigenvalue weighted by molar-refractivity contribution is 7.98. The lowest BCUT2D eigenvalue weighted by atomic mass is 10.1. The molecule has 0 atom stereocenters. The molecule has 1 rings (SSSR count). The zero-order chi connectivity index (χ0) is 9.84. The minimum atomic E-state index is 0.143. The van der Waals surface area contributed by atoms with Gasteiger partial charge in [0.05, 0.1) is 0 Å². The molecule has 0 heterocycles. The summed E-state index contributed by atoms with van der Waals surface area (Å²) < 4.78 is 0. The van der Waals surface area contributed by atoms with E-state index in [4.69, 9.17) is 5.73 Å². The van der Waals surface area contributed by atoms with Gasteiger partial charge in [-0.25, -0.2) is 0 Å². The lowest BCUT2D eigenvalue weighted by Gasteiger charge is -2.05. The van der Waals surface area contributed by atoms with Crippen molar-refractivity contribution in [1.29, 1.82) is 0 Å². The molecule has 2 nitrogen and oxygen atoms in total. The largest absolute Gasteiger partial charge is 0.398 e. The van der Waals surface area contributed by atoms with Crippen molar-refractivity contribution in [2.45, 2.75) is 18.2 Å². The second kappa shape index (κ2) is 4.33. The maximum absolute atomic E-state index is 10.9. The summed E-state index contributed by atoms with van der Waals surface area (Å²) in [4.78, 5) is 12.0. The third kappa shape index (κ3) is 2.77. The van der Waals surface area contributed by atoms with E-state index >= 15 is 0 Å². The van der Waals surface area contributed by atoms with Crippen molar-refractivity contribution < 1.29 is 4.79 Å². The molecule has 0 spiro atoms. The molecule has 0 saturated carbocycles. The van der Waals surface area contributed by atoms with Gasteiger partial charge in [-0.2, -0.15) is 0 Å². The van der Waals surface area contributed by atoms with Gasteiger partial charge in [0.1, 0.15) is 5.78 Å². The summed E-state index contributed by atoms with van der Waals surface area (Å²) in [5.74, 6) is 0.143. The van der Waals surface area contributed by atoms with Crippen LogP contribution in [0.2, 0.25) is 0 Å². The van der Waals surface area contributed by atoms with Gasteiger partial charge in [-0.3, -0.25) is 4.79 Å². The van der Waals surface area contributed by atoms with Crippen LogP contribution in [-0.2, 0) is 11.2 Å². The summed E-state index contributed by atoms with van der Waals surface area (Å²) in [6.07, 6.45) is 2.43. The van der Waals surface area contributed by atoms with Crippen molar-refractivity contribution in [3.63, 3.8) is 0 Å². The Bertz CT molecular complexity index is 323. The third-order valence-corrected chi connectivity index (χ3v) is 2.51. The van der Waals surface area contributed by atoms with Crippen molar-refractivity contribution in [2.75, 3.05) is 12.0 Å². The molecular weight excluding hydrogens is 182 g/mol. The summed E-state index contributed by atoms with van der Waals surface area (Å²) in [7, 11) is 0. The van der Waals surface area contributed by atoms with Crippen molar-refractivity contribution >= 4 is 23.2 Å². The maximum Gasteiger partial charge on any atom is 0.134 e. The van der Waals surface area contributed by atoms with Crippen molar-refractivity contribution in [3.05, 3.63) is 23.8 Å². The molecule has 0 radical (unpaired) electrons. The summed E-state index contributed by atoms with van der Waals surface area (Å²) in [6.45, 7) is 1.57. The minimum absolute atomic E-state index is 0.143. The number of nitrogens with two attached hydrogens (primary N) is 1. The maximum atomic E-state index is 10.9. The monoisotopic (exact) mass is 195 g/mol. The van der Waals surface area contributed by atoms with Gasteiger partial charge < -0.3 is 5.73 Å². The molecule has 0 aliphatic rings. The minimum Gasteiger partial charge on any atom is -0.398 e. The highest BCUT2D eigenvalue weighted by Crippen LogP contribution is 2.21. The normalized spacial score (nSPS) is 10.0. The van der Waals surface area contributed by atoms with Gasteiger partial charge in [-0.1, -0.05) is 0 Å². The molecule has 1 aromatic rings. The van der Waals surface area contributed by atoms with Crippen LogP contribution in [0.15, 0.2) is 23.1 Å². The van der Waals surface area contributed by atoms with E-state index in [2.05, 4.69) is 0 Å². The highest BCUT2D eigenvalue weighted by Gasteiger charge is 2.03. The molecule has 70 valence electrons. The fraction of sp³-hybridized carbons (Fsp3) is 0.300. The fourth-order valence-electron chi connectivity index (χ4n) is 1.13. The van der Waals surface area contributed by atoms with Gasteiger partial charge in [0.25, 0.3) is 0 Å².